The fourth-order valence-electron chi connectivity index (χ4n) is 3.99. The van der Waals surface area contributed by atoms with Crippen LogP contribution < -0.4 is 15.2 Å². The summed E-state index contributed by atoms with van der Waals surface area (Å²) >= 11 is 6.07. The van der Waals surface area contributed by atoms with Gasteiger partial charge in [0.2, 0.25) is 5.88 Å². The SMILES string of the molecule is COc1cc(C2C(C#N)=C(N)OC3=C2C(=O)CCC3)ccc1OCc1c(F)cccc1Cl. The normalized spacial score (nSPS) is 18.1. The summed E-state index contributed by atoms with van der Waals surface area (Å²) < 4.78 is 30.9. The summed E-state index contributed by atoms with van der Waals surface area (Å²) in [6.45, 7) is -0.0947. The van der Waals surface area contributed by atoms with Gasteiger partial charge in [0, 0.05) is 24.0 Å². The largest absolute Gasteiger partial charge is 0.493 e. The number of ether oxygens (including phenoxy) is 3. The zero-order chi connectivity index (χ0) is 22.8. The van der Waals surface area contributed by atoms with Crippen molar-refractivity contribution in [1.82, 2.24) is 0 Å². The number of carbonyl (C=O) groups is 1. The van der Waals surface area contributed by atoms with Crippen LogP contribution in [0.3, 0.4) is 0 Å². The van der Waals surface area contributed by atoms with Gasteiger partial charge in [0.15, 0.2) is 17.3 Å². The second kappa shape index (κ2) is 8.93. The van der Waals surface area contributed by atoms with Gasteiger partial charge >= 0.3 is 0 Å². The van der Waals surface area contributed by atoms with Gasteiger partial charge in [0.05, 0.1) is 18.1 Å². The van der Waals surface area contributed by atoms with Gasteiger partial charge in [-0.1, -0.05) is 23.7 Å². The number of carbonyl (C=O) groups excluding carboxylic acids is 1. The standard InChI is InChI=1S/C24H20ClFN2O4/c1-30-21-10-13(8-9-19(21)31-12-15-16(25)4-2-5-17(15)26)22-14(11-27)24(28)32-20-7-3-6-18(29)23(20)22/h2,4-5,8-10,22H,3,6-7,12,28H2,1H3. The van der Waals surface area contributed by atoms with Gasteiger partial charge in [0.25, 0.3) is 0 Å². The van der Waals surface area contributed by atoms with Crippen LogP contribution in [0.4, 0.5) is 4.39 Å². The van der Waals surface area contributed by atoms with E-state index in [9.17, 15) is 14.4 Å². The Labute approximate surface area is 189 Å². The third-order valence-electron chi connectivity index (χ3n) is 5.56. The van der Waals surface area contributed by atoms with Crippen molar-refractivity contribution < 1.29 is 23.4 Å². The molecule has 1 aliphatic carbocycles. The molecule has 164 valence electrons. The fourth-order valence-corrected chi connectivity index (χ4v) is 4.21. The fraction of sp³-hybridized carbons (Fsp3) is 0.250. The Morgan fingerprint density at radius 1 is 1.28 bits per heavy atom. The Bertz CT molecular complexity index is 1180. The summed E-state index contributed by atoms with van der Waals surface area (Å²) in [6.07, 6.45) is 1.64. The third kappa shape index (κ3) is 3.90. The third-order valence-corrected chi connectivity index (χ3v) is 5.91. The molecule has 1 heterocycles. The van der Waals surface area contributed by atoms with Crippen molar-refractivity contribution in [2.75, 3.05) is 7.11 Å². The molecule has 1 atom stereocenters. The lowest BCUT2D eigenvalue weighted by Gasteiger charge is -2.31. The summed E-state index contributed by atoms with van der Waals surface area (Å²) in [5.74, 6) is 0.0519. The number of hydrogen-bond donors (Lipinski definition) is 1. The minimum Gasteiger partial charge on any atom is -0.493 e. The van der Waals surface area contributed by atoms with E-state index >= 15 is 0 Å². The lowest BCUT2D eigenvalue weighted by atomic mass is 9.77. The van der Waals surface area contributed by atoms with Crippen LogP contribution in [0.15, 0.2) is 59.2 Å². The zero-order valence-electron chi connectivity index (χ0n) is 17.3. The van der Waals surface area contributed by atoms with E-state index < -0.39 is 11.7 Å². The number of nitrogens with two attached hydrogens (primary N) is 1. The summed E-state index contributed by atoms with van der Waals surface area (Å²) in [4.78, 5) is 12.7. The molecule has 8 heteroatoms. The predicted molar refractivity (Wildman–Crippen MR) is 115 cm³/mol. The highest BCUT2D eigenvalue weighted by Gasteiger charge is 2.38. The molecule has 4 rings (SSSR count). The molecule has 0 saturated carbocycles. The molecule has 2 aliphatic rings. The predicted octanol–water partition coefficient (Wildman–Crippen LogP) is 4.88. The number of halogens is 2. The van der Waals surface area contributed by atoms with Gasteiger partial charge in [-0.05, 0) is 36.2 Å². The molecule has 2 aromatic carbocycles. The maximum atomic E-state index is 14.1. The highest BCUT2D eigenvalue weighted by atomic mass is 35.5. The van der Waals surface area contributed by atoms with E-state index in [2.05, 4.69) is 6.07 Å². The molecular formula is C24H20ClFN2O4. The molecule has 0 fully saturated rings. The second-order valence-corrected chi connectivity index (χ2v) is 7.84. The molecule has 0 bridgehead atoms. The molecule has 0 spiro atoms. The molecule has 1 unspecified atom stereocenters. The lowest BCUT2D eigenvalue weighted by molar-refractivity contribution is -0.116. The van der Waals surface area contributed by atoms with Crippen molar-refractivity contribution in [3.8, 4) is 17.6 Å². The number of allylic oxidation sites excluding steroid dienone is 3. The van der Waals surface area contributed by atoms with Crippen molar-refractivity contribution in [3.05, 3.63) is 81.2 Å². The lowest BCUT2D eigenvalue weighted by Crippen LogP contribution is -2.27. The Kier molecular flexibility index (Phi) is 6.06. The summed E-state index contributed by atoms with van der Waals surface area (Å²) in [5, 5.41) is 9.97. The minimum absolute atomic E-state index is 0.000520. The number of nitrogens with zero attached hydrogens (tertiary/aromatic N) is 1. The number of ketones is 1. The first-order valence-corrected chi connectivity index (χ1v) is 10.4. The number of Topliss-reactive ketones (excluding diaryl/α,β-unsaturated/α-hetero) is 1. The van der Waals surface area contributed by atoms with Crippen LogP contribution in [-0.2, 0) is 16.1 Å². The van der Waals surface area contributed by atoms with Crippen LogP contribution in [-0.4, -0.2) is 12.9 Å². The van der Waals surface area contributed by atoms with E-state index in [1.165, 1.54) is 19.2 Å². The smallest absolute Gasteiger partial charge is 0.205 e. The molecule has 0 radical (unpaired) electrons. The topological polar surface area (TPSA) is 94.6 Å². The van der Waals surface area contributed by atoms with Crippen molar-refractivity contribution in [2.45, 2.75) is 31.8 Å². The molecule has 1 aliphatic heterocycles. The highest BCUT2D eigenvalue weighted by molar-refractivity contribution is 6.31. The minimum atomic E-state index is -0.652. The first-order valence-electron chi connectivity index (χ1n) is 10.0. The van der Waals surface area contributed by atoms with Crippen LogP contribution in [0, 0.1) is 17.1 Å². The van der Waals surface area contributed by atoms with Crippen LogP contribution in [0.1, 0.15) is 36.3 Å². The summed E-state index contributed by atoms with van der Waals surface area (Å²) in [6, 6.07) is 11.6. The first-order chi connectivity index (χ1) is 15.4. The van der Waals surface area contributed by atoms with E-state index in [1.54, 1.807) is 24.3 Å². The summed E-state index contributed by atoms with van der Waals surface area (Å²) in [5.41, 5.74) is 7.50. The quantitative estimate of drug-likeness (QED) is 0.691. The van der Waals surface area contributed by atoms with Crippen LogP contribution >= 0.6 is 11.6 Å². The zero-order valence-corrected chi connectivity index (χ0v) is 18.0. The van der Waals surface area contributed by atoms with E-state index in [0.29, 0.717) is 47.7 Å². The van der Waals surface area contributed by atoms with Crippen LogP contribution in [0.5, 0.6) is 11.5 Å². The monoisotopic (exact) mass is 454 g/mol. The highest BCUT2D eigenvalue weighted by Crippen LogP contribution is 2.45. The average Bonchev–Trinajstić information content (AvgIpc) is 2.78. The molecule has 0 amide bonds. The molecule has 6 nitrogen and oxygen atoms in total. The summed E-state index contributed by atoms with van der Waals surface area (Å²) in [7, 11) is 1.47. The number of methoxy groups -OCH3 is 1. The Hall–Kier alpha value is -3.50. The van der Waals surface area contributed by atoms with Crippen molar-refractivity contribution in [2.24, 2.45) is 5.73 Å². The van der Waals surface area contributed by atoms with E-state index in [1.807, 2.05) is 0 Å². The maximum absolute atomic E-state index is 14.1. The second-order valence-electron chi connectivity index (χ2n) is 7.44. The average molecular weight is 455 g/mol. The van der Waals surface area contributed by atoms with Crippen molar-refractivity contribution >= 4 is 17.4 Å². The number of rotatable bonds is 5. The van der Waals surface area contributed by atoms with E-state index in [4.69, 9.17) is 31.5 Å². The van der Waals surface area contributed by atoms with Crippen molar-refractivity contribution in [1.29, 1.82) is 5.26 Å². The van der Waals surface area contributed by atoms with Gasteiger partial charge in [-0.2, -0.15) is 5.26 Å². The van der Waals surface area contributed by atoms with Gasteiger partial charge in [-0.25, -0.2) is 4.39 Å². The maximum Gasteiger partial charge on any atom is 0.205 e. The van der Waals surface area contributed by atoms with Crippen molar-refractivity contribution in [3.63, 3.8) is 0 Å². The van der Waals surface area contributed by atoms with Gasteiger partial charge in [0.1, 0.15) is 29.8 Å². The number of nitriles is 1. The molecule has 0 saturated heterocycles. The number of hydrogen-bond acceptors (Lipinski definition) is 6. The van der Waals surface area contributed by atoms with E-state index in [0.717, 1.165) is 0 Å². The number of benzene rings is 2. The van der Waals surface area contributed by atoms with Gasteiger partial charge in [-0.15, -0.1) is 0 Å². The Balaban J connectivity index is 1.70. The molecule has 0 aromatic heterocycles. The first kappa shape index (κ1) is 21.7. The van der Waals surface area contributed by atoms with Crippen LogP contribution in [0.2, 0.25) is 5.02 Å². The molecule has 32 heavy (non-hydrogen) atoms. The molecular weight excluding hydrogens is 435 g/mol. The molecule has 2 N–H and O–H groups in total. The molecule has 2 aromatic rings. The van der Waals surface area contributed by atoms with Gasteiger partial charge in [-0.3, -0.25) is 4.79 Å². The van der Waals surface area contributed by atoms with E-state index in [-0.39, 0.29) is 34.4 Å². The van der Waals surface area contributed by atoms with Crippen LogP contribution in [0.25, 0.3) is 0 Å². The Morgan fingerprint density at radius 3 is 2.81 bits per heavy atom. The van der Waals surface area contributed by atoms with Gasteiger partial charge < -0.3 is 19.9 Å². The Morgan fingerprint density at radius 2 is 2.09 bits per heavy atom.